The third kappa shape index (κ3) is 1.34. The van der Waals surface area contributed by atoms with Gasteiger partial charge in [-0.2, -0.15) is 13.2 Å². The molecule has 0 aliphatic carbocycles. The first-order valence-corrected chi connectivity index (χ1v) is 3.99. The van der Waals surface area contributed by atoms with Crippen LogP contribution in [0.1, 0.15) is 11.3 Å². The highest BCUT2D eigenvalue weighted by atomic mass is 19.4. The molecule has 2 rings (SSSR count). The monoisotopic (exact) mass is 200 g/mol. The van der Waals surface area contributed by atoms with Crippen molar-refractivity contribution in [2.45, 2.75) is 13.1 Å². The topological polar surface area (TPSA) is 17.3 Å². The zero-order valence-corrected chi connectivity index (χ0v) is 7.34. The Balaban J connectivity index is 2.63. The molecule has 0 saturated carbocycles. The first kappa shape index (κ1) is 9.05. The maximum Gasteiger partial charge on any atom is 0.416 e. The third-order valence-corrected chi connectivity index (χ3v) is 2.03. The summed E-state index contributed by atoms with van der Waals surface area (Å²) in [6.07, 6.45) is -1.39. The normalized spacial score (nSPS) is 12.3. The van der Waals surface area contributed by atoms with Crippen molar-refractivity contribution in [1.29, 1.82) is 0 Å². The van der Waals surface area contributed by atoms with Crippen LogP contribution in [-0.2, 0) is 6.18 Å². The molecule has 0 aliphatic heterocycles. The van der Waals surface area contributed by atoms with E-state index in [4.69, 9.17) is 0 Å². The van der Waals surface area contributed by atoms with Crippen LogP contribution in [0.25, 0.3) is 5.65 Å². The van der Waals surface area contributed by atoms with Crippen molar-refractivity contribution in [1.82, 2.24) is 9.38 Å². The number of aromatic nitrogens is 2. The van der Waals surface area contributed by atoms with E-state index in [9.17, 15) is 13.2 Å². The lowest BCUT2D eigenvalue weighted by Gasteiger charge is -2.06. The summed E-state index contributed by atoms with van der Waals surface area (Å²) < 4.78 is 38.5. The van der Waals surface area contributed by atoms with Gasteiger partial charge in [-0.3, -0.25) is 0 Å². The summed E-state index contributed by atoms with van der Waals surface area (Å²) in [6.45, 7) is 1.78. The number of aryl methyl sites for hydroxylation is 1. The van der Waals surface area contributed by atoms with Gasteiger partial charge < -0.3 is 4.40 Å². The van der Waals surface area contributed by atoms with Gasteiger partial charge in [-0.15, -0.1) is 0 Å². The maximum atomic E-state index is 12.3. The highest BCUT2D eigenvalue weighted by Crippen LogP contribution is 2.29. The molecule has 0 saturated heterocycles. The van der Waals surface area contributed by atoms with Gasteiger partial charge in [0.1, 0.15) is 5.65 Å². The summed E-state index contributed by atoms with van der Waals surface area (Å²) in [7, 11) is 0. The van der Waals surface area contributed by atoms with Gasteiger partial charge in [0, 0.05) is 18.1 Å². The molecule has 2 aromatic rings. The lowest BCUT2D eigenvalue weighted by atomic mass is 10.2. The minimum absolute atomic E-state index is 0.317. The number of nitrogens with zero attached hydrogens (tertiary/aromatic N) is 2. The van der Waals surface area contributed by atoms with Crippen LogP contribution in [-0.4, -0.2) is 9.38 Å². The minimum Gasteiger partial charge on any atom is -0.304 e. The maximum absolute atomic E-state index is 12.3. The van der Waals surface area contributed by atoms with Gasteiger partial charge in [-0.25, -0.2) is 4.98 Å². The van der Waals surface area contributed by atoms with Crippen LogP contribution in [0, 0.1) is 6.92 Å². The SMILES string of the molecule is Cc1cnc2cc(C(F)(F)F)ccn12. The zero-order valence-electron chi connectivity index (χ0n) is 7.34. The van der Waals surface area contributed by atoms with Crippen molar-refractivity contribution in [2.75, 3.05) is 0 Å². The minimum atomic E-state index is -4.30. The number of imidazole rings is 1. The third-order valence-electron chi connectivity index (χ3n) is 2.03. The van der Waals surface area contributed by atoms with Gasteiger partial charge in [-0.1, -0.05) is 0 Å². The van der Waals surface area contributed by atoms with Gasteiger partial charge in [0.15, 0.2) is 0 Å². The average molecular weight is 200 g/mol. The van der Waals surface area contributed by atoms with Gasteiger partial charge in [0.05, 0.1) is 5.56 Å². The molecule has 2 nitrogen and oxygen atoms in total. The van der Waals surface area contributed by atoms with E-state index in [1.165, 1.54) is 12.4 Å². The van der Waals surface area contributed by atoms with Gasteiger partial charge in [-0.05, 0) is 19.1 Å². The molecule has 0 atom stereocenters. The van der Waals surface area contributed by atoms with Gasteiger partial charge in [0.25, 0.3) is 0 Å². The molecule has 0 unspecified atom stereocenters. The van der Waals surface area contributed by atoms with E-state index < -0.39 is 11.7 Å². The van der Waals surface area contributed by atoms with Crippen LogP contribution in [0.2, 0.25) is 0 Å². The van der Waals surface area contributed by atoms with Crippen molar-refractivity contribution in [3.63, 3.8) is 0 Å². The summed E-state index contributed by atoms with van der Waals surface area (Å²) in [5.74, 6) is 0. The second-order valence-corrected chi connectivity index (χ2v) is 3.04. The number of halogens is 3. The molecule has 2 heterocycles. The van der Waals surface area contributed by atoms with Crippen molar-refractivity contribution < 1.29 is 13.2 Å². The van der Waals surface area contributed by atoms with E-state index in [1.807, 2.05) is 0 Å². The molecule has 0 bridgehead atoms. The Kier molecular flexibility index (Phi) is 1.77. The van der Waals surface area contributed by atoms with Gasteiger partial charge in [0.2, 0.25) is 0 Å². The molecule has 0 N–H and O–H groups in total. The Morgan fingerprint density at radius 1 is 1.36 bits per heavy atom. The van der Waals surface area contributed by atoms with Crippen LogP contribution in [0.4, 0.5) is 13.2 Å². The predicted molar refractivity (Wildman–Crippen MR) is 44.9 cm³/mol. The summed E-state index contributed by atoms with van der Waals surface area (Å²) in [6, 6.07) is 2.08. The van der Waals surface area contributed by atoms with Crippen LogP contribution >= 0.6 is 0 Å². The molecule has 5 heteroatoms. The summed E-state index contributed by atoms with van der Waals surface area (Å²) in [4.78, 5) is 3.86. The second-order valence-electron chi connectivity index (χ2n) is 3.04. The number of hydrogen-bond donors (Lipinski definition) is 0. The smallest absolute Gasteiger partial charge is 0.304 e. The van der Waals surface area contributed by atoms with E-state index in [-0.39, 0.29) is 0 Å². The van der Waals surface area contributed by atoms with Crippen LogP contribution in [0.15, 0.2) is 24.5 Å². The average Bonchev–Trinajstić information content (AvgIpc) is 2.46. The highest BCUT2D eigenvalue weighted by molar-refractivity contribution is 5.43. The lowest BCUT2D eigenvalue weighted by molar-refractivity contribution is -0.137. The van der Waals surface area contributed by atoms with E-state index in [0.717, 1.165) is 17.8 Å². The van der Waals surface area contributed by atoms with Gasteiger partial charge >= 0.3 is 6.18 Å². The van der Waals surface area contributed by atoms with Crippen LogP contribution in [0.5, 0.6) is 0 Å². The fourth-order valence-electron chi connectivity index (χ4n) is 1.28. The van der Waals surface area contributed by atoms with E-state index in [1.54, 1.807) is 11.3 Å². The Morgan fingerprint density at radius 2 is 2.07 bits per heavy atom. The summed E-state index contributed by atoms with van der Waals surface area (Å²) >= 11 is 0. The molecule has 0 spiro atoms. The fourth-order valence-corrected chi connectivity index (χ4v) is 1.28. The standard InChI is InChI=1S/C9H7F3N2/c1-6-5-13-8-4-7(9(10,11)12)2-3-14(6)8/h2-5H,1H3. The number of rotatable bonds is 0. The van der Waals surface area contributed by atoms with E-state index in [0.29, 0.717) is 5.65 Å². The Morgan fingerprint density at radius 3 is 2.71 bits per heavy atom. The molecule has 2 aromatic heterocycles. The van der Waals surface area contributed by atoms with Crippen molar-refractivity contribution in [2.24, 2.45) is 0 Å². The number of hydrogen-bond acceptors (Lipinski definition) is 1. The largest absolute Gasteiger partial charge is 0.416 e. The molecule has 74 valence electrons. The Labute approximate surface area is 78.0 Å². The lowest BCUT2D eigenvalue weighted by Crippen LogP contribution is -2.05. The van der Waals surface area contributed by atoms with E-state index in [2.05, 4.69) is 4.98 Å². The first-order valence-electron chi connectivity index (χ1n) is 3.99. The predicted octanol–water partition coefficient (Wildman–Crippen LogP) is 2.66. The molecular formula is C9H7F3N2. The zero-order chi connectivity index (χ0) is 10.3. The van der Waals surface area contributed by atoms with Crippen LogP contribution in [0.3, 0.4) is 0 Å². The molecular weight excluding hydrogens is 193 g/mol. The van der Waals surface area contributed by atoms with E-state index >= 15 is 0 Å². The van der Waals surface area contributed by atoms with Crippen LogP contribution < -0.4 is 0 Å². The van der Waals surface area contributed by atoms with Crippen molar-refractivity contribution in [3.05, 3.63) is 35.8 Å². The number of alkyl halides is 3. The number of fused-ring (bicyclic) bond motifs is 1. The highest BCUT2D eigenvalue weighted by Gasteiger charge is 2.30. The Hall–Kier alpha value is -1.52. The molecule has 0 fully saturated rings. The number of pyridine rings is 1. The Bertz CT molecular complexity index is 470. The molecule has 14 heavy (non-hydrogen) atoms. The van der Waals surface area contributed by atoms with Crippen molar-refractivity contribution >= 4 is 5.65 Å². The quantitative estimate of drug-likeness (QED) is 0.639. The second kappa shape index (κ2) is 2.73. The molecule has 0 amide bonds. The van der Waals surface area contributed by atoms with Crippen molar-refractivity contribution in [3.8, 4) is 0 Å². The fraction of sp³-hybridized carbons (Fsp3) is 0.222. The molecule has 0 aromatic carbocycles. The first-order chi connectivity index (χ1) is 6.48. The molecule has 0 radical (unpaired) electrons. The summed E-state index contributed by atoms with van der Waals surface area (Å²) in [5.41, 5.74) is 0.460. The molecule has 0 aliphatic rings. The summed E-state index contributed by atoms with van der Waals surface area (Å²) in [5, 5.41) is 0.